The van der Waals surface area contributed by atoms with Crippen molar-refractivity contribution in [3.8, 4) is 0 Å². The van der Waals surface area contributed by atoms with Crippen molar-refractivity contribution in [1.82, 2.24) is 5.32 Å². The van der Waals surface area contributed by atoms with Crippen LogP contribution in [0.5, 0.6) is 0 Å². The van der Waals surface area contributed by atoms with Crippen LogP contribution in [0.2, 0.25) is 0 Å². The van der Waals surface area contributed by atoms with E-state index < -0.39 is 12.0 Å². The molecule has 1 unspecified atom stereocenters. The number of likely N-dealkylation sites (N-methyl/N-ethyl adjacent to an activating group) is 1. The van der Waals surface area contributed by atoms with E-state index in [1.54, 1.807) is 0 Å². The number of carboxylic acid groups (broad SMARTS) is 1. The van der Waals surface area contributed by atoms with Gasteiger partial charge in [-0.3, -0.25) is 9.59 Å². The lowest BCUT2D eigenvalue weighted by atomic mass is 9.84. The van der Waals surface area contributed by atoms with Crippen LogP contribution in [0.25, 0.3) is 0 Å². The van der Waals surface area contributed by atoms with Gasteiger partial charge in [-0.05, 0) is 19.9 Å². The van der Waals surface area contributed by atoms with Crippen molar-refractivity contribution < 1.29 is 14.7 Å². The Morgan fingerprint density at radius 1 is 1.29 bits per heavy atom. The molecule has 0 radical (unpaired) electrons. The Morgan fingerprint density at radius 2 is 1.86 bits per heavy atom. The van der Waals surface area contributed by atoms with Gasteiger partial charge in [-0.2, -0.15) is 0 Å². The first kappa shape index (κ1) is 11.2. The molecule has 0 bridgehead atoms. The molecule has 1 aliphatic carbocycles. The second-order valence-corrected chi connectivity index (χ2v) is 3.80. The molecule has 0 spiro atoms. The fourth-order valence-corrected chi connectivity index (χ4v) is 2.01. The second-order valence-electron chi connectivity index (χ2n) is 3.80. The lowest BCUT2D eigenvalue weighted by molar-refractivity contribution is -0.144. The third kappa shape index (κ3) is 2.54. The molecule has 0 aromatic rings. The maximum absolute atomic E-state index is 11.7. The lowest BCUT2D eigenvalue weighted by Gasteiger charge is -2.22. The fraction of sp³-hybridized carbons (Fsp3) is 0.800. The third-order valence-electron chi connectivity index (χ3n) is 2.83. The normalized spacial score (nSPS) is 20.4. The molecule has 1 atom stereocenters. The molecule has 0 aromatic carbocycles. The number of carboxylic acids is 1. The lowest BCUT2D eigenvalue weighted by Crippen LogP contribution is -2.44. The topological polar surface area (TPSA) is 66.4 Å². The molecule has 4 nitrogen and oxygen atoms in total. The predicted molar refractivity (Wildman–Crippen MR) is 52.1 cm³/mol. The van der Waals surface area contributed by atoms with Crippen LogP contribution in [0.3, 0.4) is 0 Å². The van der Waals surface area contributed by atoms with Crippen LogP contribution in [0, 0.1) is 5.92 Å². The van der Waals surface area contributed by atoms with Crippen molar-refractivity contribution in [2.45, 2.75) is 38.1 Å². The minimum Gasteiger partial charge on any atom is -0.480 e. The Labute approximate surface area is 83.7 Å². The smallest absolute Gasteiger partial charge is 0.328 e. The summed E-state index contributed by atoms with van der Waals surface area (Å²) in [5.41, 5.74) is 0. The van der Waals surface area contributed by atoms with Gasteiger partial charge in [-0.15, -0.1) is 0 Å². The van der Waals surface area contributed by atoms with Crippen molar-refractivity contribution in [3.05, 3.63) is 0 Å². The van der Waals surface area contributed by atoms with Crippen molar-refractivity contribution in [3.63, 3.8) is 0 Å². The highest BCUT2D eigenvalue weighted by atomic mass is 16.4. The summed E-state index contributed by atoms with van der Waals surface area (Å²) in [5.74, 6) is -1.26. The Balaban J connectivity index is 2.56. The maximum Gasteiger partial charge on any atom is 0.328 e. The van der Waals surface area contributed by atoms with E-state index in [9.17, 15) is 9.59 Å². The number of carbonyl (C=O) groups excluding carboxylic acids is 1. The number of carbonyl (C=O) groups is 2. The van der Waals surface area contributed by atoms with Crippen molar-refractivity contribution in [2.75, 3.05) is 7.05 Å². The maximum atomic E-state index is 11.7. The van der Waals surface area contributed by atoms with Gasteiger partial charge in [0.15, 0.2) is 11.8 Å². The van der Waals surface area contributed by atoms with Crippen LogP contribution in [-0.4, -0.2) is 29.9 Å². The van der Waals surface area contributed by atoms with E-state index in [0.29, 0.717) is 0 Å². The summed E-state index contributed by atoms with van der Waals surface area (Å²) >= 11 is 0. The SMILES string of the molecule is CNC(C(=O)O)C(=O)C1CCCCC1. The summed E-state index contributed by atoms with van der Waals surface area (Å²) < 4.78 is 0. The molecule has 2 N–H and O–H groups in total. The number of aliphatic carboxylic acids is 1. The molecule has 1 saturated carbocycles. The summed E-state index contributed by atoms with van der Waals surface area (Å²) in [4.78, 5) is 22.5. The Hall–Kier alpha value is -0.900. The van der Waals surface area contributed by atoms with Gasteiger partial charge >= 0.3 is 5.97 Å². The molecule has 0 saturated heterocycles. The fourth-order valence-electron chi connectivity index (χ4n) is 2.01. The quantitative estimate of drug-likeness (QED) is 0.657. The van der Waals surface area contributed by atoms with Crippen LogP contribution in [0.1, 0.15) is 32.1 Å². The van der Waals surface area contributed by atoms with Gasteiger partial charge in [0.05, 0.1) is 0 Å². The Morgan fingerprint density at radius 3 is 2.29 bits per heavy atom. The van der Waals surface area contributed by atoms with E-state index in [4.69, 9.17) is 5.11 Å². The highest BCUT2D eigenvalue weighted by Gasteiger charge is 2.31. The summed E-state index contributed by atoms with van der Waals surface area (Å²) in [6.45, 7) is 0. The number of nitrogens with one attached hydrogen (secondary N) is 1. The van der Waals surface area contributed by atoms with Crippen molar-refractivity contribution in [2.24, 2.45) is 5.92 Å². The highest BCUT2D eigenvalue weighted by molar-refractivity contribution is 6.03. The average Bonchev–Trinajstić information content (AvgIpc) is 2.19. The molecular formula is C10H17NO3. The number of hydrogen-bond donors (Lipinski definition) is 2. The Bertz CT molecular complexity index is 221. The molecular weight excluding hydrogens is 182 g/mol. The van der Waals surface area contributed by atoms with Gasteiger partial charge in [-0.1, -0.05) is 19.3 Å². The van der Waals surface area contributed by atoms with E-state index in [2.05, 4.69) is 5.32 Å². The van der Waals surface area contributed by atoms with Gasteiger partial charge in [0, 0.05) is 5.92 Å². The zero-order valence-electron chi connectivity index (χ0n) is 8.45. The first-order valence-electron chi connectivity index (χ1n) is 5.10. The molecule has 0 aliphatic heterocycles. The largest absolute Gasteiger partial charge is 0.480 e. The first-order chi connectivity index (χ1) is 6.66. The van der Waals surface area contributed by atoms with E-state index >= 15 is 0 Å². The van der Waals surface area contributed by atoms with Gasteiger partial charge in [0.1, 0.15) is 0 Å². The van der Waals surface area contributed by atoms with Crippen LogP contribution >= 0.6 is 0 Å². The molecule has 1 aliphatic rings. The van der Waals surface area contributed by atoms with Crippen LogP contribution < -0.4 is 5.32 Å². The molecule has 0 amide bonds. The molecule has 0 heterocycles. The minimum atomic E-state index is -1.07. The standard InChI is InChI=1S/C10H17NO3/c1-11-8(10(13)14)9(12)7-5-3-2-4-6-7/h7-8,11H,2-6H2,1H3,(H,13,14). The monoisotopic (exact) mass is 199 g/mol. The van der Waals surface area contributed by atoms with Crippen molar-refractivity contribution >= 4 is 11.8 Å². The van der Waals surface area contributed by atoms with Crippen molar-refractivity contribution in [1.29, 1.82) is 0 Å². The average molecular weight is 199 g/mol. The van der Waals surface area contributed by atoms with Gasteiger partial charge in [-0.25, -0.2) is 0 Å². The first-order valence-corrected chi connectivity index (χ1v) is 5.10. The van der Waals surface area contributed by atoms with Crippen LogP contribution in [0.15, 0.2) is 0 Å². The van der Waals surface area contributed by atoms with Crippen LogP contribution in [0.4, 0.5) is 0 Å². The molecule has 1 fully saturated rings. The summed E-state index contributed by atoms with van der Waals surface area (Å²) in [6, 6.07) is -1.02. The second kappa shape index (κ2) is 5.10. The van der Waals surface area contributed by atoms with Gasteiger partial charge in [0.25, 0.3) is 0 Å². The summed E-state index contributed by atoms with van der Waals surface area (Å²) in [7, 11) is 1.51. The van der Waals surface area contributed by atoms with E-state index in [0.717, 1.165) is 25.7 Å². The zero-order chi connectivity index (χ0) is 10.6. The van der Waals surface area contributed by atoms with Gasteiger partial charge < -0.3 is 10.4 Å². The predicted octanol–water partition coefficient (Wildman–Crippen LogP) is 0.808. The molecule has 80 valence electrons. The van der Waals surface area contributed by atoms with Gasteiger partial charge in [0.2, 0.25) is 0 Å². The summed E-state index contributed by atoms with van der Waals surface area (Å²) in [6.07, 6.45) is 4.97. The van der Waals surface area contributed by atoms with E-state index in [1.807, 2.05) is 0 Å². The molecule has 4 heteroatoms. The number of rotatable bonds is 4. The molecule has 14 heavy (non-hydrogen) atoms. The number of Topliss-reactive ketones (excluding diaryl/α,β-unsaturated/α-hetero) is 1. The highest BCUT2D eigenvalue weighted by Crippen LogP contribution is 2.25. The zero-order valence-corrected chi connectivity index (χ0v) is 8.45. The van der Waals surface area contributed by atoms with E-state index in [1.165, 1.54) is 13.5 Å². The molecule has 1 rings (SSSR count). The number of ketones is 1. The third-order valence-corrected chi connectivity index (χ3v) is 2.83. The summed E-state index contributed by atoms with van der Waals surface area (Å²) in [5, 5.41) is 11.3. The Kier molecular flexibility index (Phi) is 4.07. The van der Waals surface area contributed by atoms with Crippen LogP contribution in [-0.2, 0) is 9.59 Å². The van der Waals surface area contributed by atoms with E-state index in [-0.39, 0.29) is 11.7 Å². The number of hydrogen-bond acceptors (Lipinski definition) is 3. The minimum absolute atomic E-state index is 0.0442. The molecule has 0 aromatic heterocycles.